The number of hydrogen-bond donors (Lipinski definition) is 2. The number of aliphatic hydroxyl groups is 1. The Morgan fingerprint density at radius 3 is 2.71 bits per heavy atom. The van der Waals surface area contributed by atoms with Gasteiger partial charge in [0.15, 0.2) is 0 Å². The molecule has 1 atom stereocenters. The maximum atomic E-state index is 9.00. The zero-order valence-electron chi connectivity index (χ0n) is 12.8. The van der Waals surface area contributed by atoms with Crippen LogP contribution in [-0.4, -0.2) is 23.2 Å². The van der Waals surface area contributed by atoms with Gasteiger partial charge in [0.25, 0.3) is 0 Å². The molecule has 2 N–H and O–H groups in total. The molecule has 4 heteroatoms. The van der Waals surface area contributed by atoms with Crippen molar-refractivity contribution in [3.05, 3.63) is 40.9 Å². The van der Waals surface area contributed by atoms with Crippen LogP contribution in [-0.2, 0) is 6.54 Å². The largest absolute Gasteiger partial charge is 0.396 e. The van der Waals surface area contributed by atoms with Crippen LogP contribution in [0.2, 0.25) is 0 Å². The van der Waals surface area contributed by atoms with Crippen LogP contribution < -0.4 is 5.32 Å². The molecule has 1 aromatic carbocycles. The highest BCUT2D eigenvalue weighted by atomic mass is 32.1. The van der Waals surface area contributed by atoms with Crippen molar-refractivity contribution in [3.63, 3.8) is 0 Å². The summed E-state index contributed by atoms with van der Waals surface area (Å²) in [6, 6.07) is 8.49. The summed E-state index contributed by atoms with van der Waals surface area (Å²) in [5, 5.41) is 13.5. The van der Waals surface area contributed by atoms with E-state index in [1.54, 1.807) is 11.3 Å². The molecule has 3 nitrogen and oxygen atoms in total. The number of aromatic nitrogens is 1. The number of nitrogens with zero attached hydrogens (tertiary/aromatic N) is 1. The van der Waals surface area contributed by atoms with Crippen LogP contribution in [0.15, 0.2) is 30.5 Å². The van der Waals surface area contributed by atoms with Crippen molar-refractivity contribution in [3.8, 4) is 10.6 Å². The van der Waals surface area contributed by atoms with Gasteiger partial charge in [0.2, 0.25) is 0 Å². The van der Waals surface area contributed by atoms with E-state index < -0.39 is 0 Å². The van der Waals surface area contributed by atoms with Crippen molar-refractivity contribution in [2.45, 2.75) is 33.2 Å². The molecule has 0 aliphatic heterocycles. The fourth-order valence-electron chi connectivity index (χ4n) is 2.25. The summed E-state index contributed by atoms with van der Waals surface area (Å²) in [5.74, 6) is 0.555. The molecule has 0 spiro atoms. The van der Waals surface area contributed by atoms with Gasteiger partial charge < -0.3 is 10.4 Å². The van der Waals surface area contributed by atoms with E-state index in [1.807, 2.05) is 6.20 Å². The molecule has 2 aromatic rings. The Labute approximate surface area is 131 Å². The molecule has 0 radical (unpaired) electrons. The molecule has 1 unspecified atom stereocenters. The van der Waals surface area contributed by atoms with Crippen molar-refractivity contribution in [2.24, 2.45) is 5.92 Å². The van der Waals surface area contributed by atoms with Crippen LogP contribution in [0, 0.1) is 12.8 Å². The van der Waals surface area contributed by atoms with E-state index in [4.69, 9.17) is 5.11 Å². The molecule has 21 heavy (non-hydrogen) atoms. The Morgan fingerprint density at radius 1 is 1.29 bits per heavy atom. The third kappa shape index (κ3) is 4.92. The van der Waals surface area contributed by atoms with E-state index in [0.29, 0.717) is 5.92 Å². The van der Waals surface area contributed by atoms with Gasteiger partial charge in [0.05, 0.1) is 0 Å². The van der Waals surface area contributed by atoms with Crippen LogP contribution in [0.3, 0.4) is 0 Å². The van der Waals surface area contributed by atoms with E-state index in [1.165, 1.54) is 16.0 Å². The second-order valence-electron chi connectivity index (χ2n) is 5.42. The lowest BCUT2D eigenvalue weighted by atomic mass is 10.0. The highest BCUT2D eigenvalue weighted by Gasteiger charge is 2.07. The molecule has 2 rings (SSSR count). The molecule has 0 amide bonds. The number of hydrogen-bond acceptors (Lipinski definition) is 4. The Bertz CT molecular complexity index is 536. The number of rotatable bonds is 8. The van der Waals surface area contributed by atoms with Gasteiger partial charge in [-0.05, 0) is 25.8 Å². The van der Waals surface area contributed by atoms with Gasteiger partial charge in [-0.15, -0.1) is 11.3 Å². The quantitative estimate of drug-likeness (QED) is 0.783. The maximum Gasteiger partial charge on any atom is 0.123 e. The van der Waals surface area contributed by atoms with E-state index in [9.17, 15) is 0 Å². The number of benzene rings is 1. The monoisotopic (exact) mass is 304 g/mol. The van der Waals surface area contributed by atoms with Gasteiger partial charge in [-0.2, -0.15) is 0 Å². The molecule has 1 heterocycles. The molecule has 114 valence electrons. The van der Waals surface area contributed by atoms with Crippen LogP contribution >= 0.6 is 11.3 Å². The summed E-state index contributed by atoms with van der Waals surface area (Å²) >= 11 is 1.74. The first-order valence-electron chi connectivity index (χ1n) is 7.56. The first-order valence-corrected chi connectivity index (χ1v) is 8.38. The second kappa shape index (κ2) is 8.27. The average Bonchev–Trinajstić information content (AvgIpc) is 2.96. The highest BCUT2D eigenvalue weighted by Crippen LogP contribution is 2.25. The Kier molecular flexibility index (Phi) is 6.36. The SMILES string of the molecule is CCC(CCO)CNCc1cnc(-c2ccc(C)cc2)s1. The summed E-state index contributed by atoms with van der Waals surface area (Å²) in [7, 11) is 0. The number of aryl methyl sites for hydroxylation is 1. The van der Waals surface area contributed by atoms with Crippen molar-refractivity contribution < 1.29 is 5.11 Å². The topological polar surface area (TPSA) is 45.1 Å². The first-order chi connectivity index (χ1) is 10.2. The van der Waals surface area contributed by atoms with Crippen molar-refractivity contribution >= 4 is 11.3 Å². The Hall–Kier alpha value is -1.23. The maximum absolute atomic E-state index is 9.00. The van der Waals surface area contributed by atoms with E-state index in [2.05, 4.69) is 48.4 Å². The summed E-state index contributed by atoms with van der Waals surface area (Å²) in [5.41, 5.74) is 2.45. The normalized spacial score (nSPS) is 12.5. The lowest BCUT2D eigenvalue weighted by molar-refractivity contribution is 0.251. The lowest BCUT2D eigenvalue weighted by Crippen LogP contribution is -2.22. The van der Waals surface area contributed by atoms with Gasteiger partial charge >= 0.3 is 0 Å². The minimum atomic E-state index is 0.276. The zero-order chi connectivity index (χ0) is 15.1. The van der Waals surface area contributed by atoms with Crippen LogP contribution in [0.4, 0.5) is 0 Å². The average molecular weight is 304 g/mol. The highest BCUT2D eigenvalue weighted by molar-refractivity contribution is 7.15. The first kappa shape index (κ1) is 16.1. The molecule has 0 saturated heterocycles. The fourth-order valence-corrected chi connectivity index (χ4v) is 3.14. The number of nitrogens with one attached hydrogen (secondary N) is 1. The van der Waals surface area contributed by atoms with E-state index >= 15 is 0 Å². The summed E-state index contributed by atoms with van der Waals surface area (Å²) in [4.78, 5) is 5.76. The van der Waals surface area contributed by atoms with Crippen LogP contribution in [0.1, 0.15) is 30.2 Å². The molecule has 0 aliphatic carbocycles. The molecule has 0 aliphatic rings. The molecular weight excluding hydrogens is 280 g/mol. The summed E-state index contributed by atoms with van der Waals surface area (Å²) < 4.78 is 0. The van der Waals surface area contributed by atoms with Crippen molar-refractivity contribution in [1.29, 1.82) is 0 Å². The zero-order valence-corrected chi connectivity index (χ0v) is 13.6. The predicted octanol–water partition coefficient (Wildman–Crippen LogP) is 3.62. The van der Waals surface area contributed by atoms with Gasteiger partial charge in [0, 0.05) is 29.8 Å². The van der Waals surface area contributed by atoms with E-state index in [-0.39, 0.29) is 6.61 Å². The van der Waals surface area contributed by atoms with Crippen LogP contribution in [0.25, 0.3) is 10.6 Å². The number of aliphatic hydroxyl groups excluding tert-OH is 1. The Balaban J connectivity index is 1.87. The summed E-state index contributed by atoms with van der Waals surface area (Å²) in [6.45, 7) is 6.35. The van der Waals surface area contributed by atoms with E-state index in [0.717, 1.165) is 30.9 Å². The molecular formula is C17H24N2OS. The molecule has 0 fully saturated rings. The lowest BCUT2D eigenvalue weighted by Gasteiger charge is -2.13. The fraction of sp³-hybridized carbons (Fsp3) is 0.471. The second-order valence-corrected chi connectivity index (χ2v) is 6.53. The third-order valence-corrected chi connectivity index (χ3v) is 4.75. The van der Waals surface area contributed by atoms with Gasteiger partial charge in [0.1, 0.15) is 5.01 Å². The predicted molar refractivity (Wildman–Crippen MR) is 89.5 cm³/mol. The van der Waals surface area contributed by atoms with Gasteiger partial charge in [-0.3, -0.25) is 0 Å². The van der Waals surface area contributed by atoms with Crippen molar-refractivity contribution in [2.75, 3.05) is 13.2 Å². The Morgan fingerprint density at radius 2 is 2.05 bits per heavy atom. The van der Waals surface area contributed by atoms with Gasteiger partial charge in [-0.1, -0.05) is 43.2 Å². The standard InChI is InChI=1S/C17H24N2OS/c1-3-14(8-9-20)10-18-11-16-12-19-17(21-16)15-6-4-13(2)5-7-15/h4-7,12,14,18,20H,3,8-11H2,1-2H3. The molecule has 0 bridgehead atoms. The number of thiazole rings is 1. The van der Waals surface area contributed by atoms with Gasteiger partial charge in [-0.25, -0.2) is 4.98 Å². The van der Waals surface area contributed by atoms with Crippen molar-refractivity contribution in [1.82, 2.24) is 10.3 Å². The molecule has 1 aromatic heterocycles. The minimum absolute atomic E-state index is 0.276. The smallest absolute Gasteiger partial charge is 0.123 e. The molecule has 0 saturated carbocycles. The van der Waals surface area contributed by atoms with Crippen LogP contribution in [0.5, 0.6) is 0 Å². The minimum Gasteiger partial charge on any atom is -0.396 e. The third-order valence-electron chi connectivity index (χ3n) is 3.70. The summed E-state index contributed by atoms with van der Waals surface area (Å²) in [6.07, 6.45) is 3.94.